The van der Waals surface area contributed by atoms with Gasteiger partial charge in [-0.05, 0) is 42.3 Å². The third-order valence-corrected chi connectivity index (χ3v) is 6.46. The lowest BCUT2D eigenvalue weighted by Gasteiger charge is -2.30. The average molecular weight is 497 g/mol. The third kappa shape index (κ3) is 7.28. The van der Waals surface area contributed by atoms with Crippen LogP contribution in [0.15, 0.2) is 58.3 Å². The normalized spacial score (nSPS) is 11.8. The largest absolute Gasteiger partial charge is 0.481 e. The van der Waals surface area contributed by atoms with Gasteiger partial charge in [0.25, 0.3) is 24.1 Å². The lowest BCUT2D eigenvalue weighted by atomic mass is 9.88. The topological polar surface area (TPSA) is 132 Å². The van der Waals surface area contributed by atoms with Crippen LogP contribution in [0.3, 0.4) is 0 Å². The lowest BCUT2D eigenvalue weighted by molar-refractivity contribution is -0.152. The van der Waals surface area contributed by atoms with E-state index in [-0.39, 0.29) is 9.79 Å². The van der Waals surface area contributed by atoms with E-state index in [1.165, 1.54) is 55.5 Å². The zero-order chi connectivity index (χ0) is 23.3. The monoisotopic (exact) mass is 496 g/mol. The predicted octanol–water partition coefficient (Wildman–Crippen LogP) is 3.46. The van der Waals surface area contributed by atoms with Gasteiger partial charge in [0.05, 0.1) is 9.79 Å². The van der Waals surface area contributed by atoms with E-state index in [9.17, 15) is 21.6 Å². The van der Waals surface area contributed by atoms with Crippen molar-refractivity contribution in [3.63, 3.8) is 0 Å². The van der Waals surface area contributed by atoms with E-state index < -0.39 is 35.6 Å². The van der Waals surface area contributed by atoms with E-state index in [0.717, 1.165) is 6.92 Å². The number of aliphatic carboxylic acids is 1. The van der Waals surface area contributed by atoms with Crippen molar-refractivity contribution in [3.05, 3.63) is 59.7 Å². The zero-order valence-corrected chi connectivity index (χ0v) is 19.1. The standard InChI is InChI=1S/C16H14Cl2O6S2.C2H4O2/c1-11(19)24-16(2,12-3-7-14(8-4-12)25(17,20)21)13-5-9-15(10-6-13)26(18,22)23;1-2(3)4/h3-10H,1-2H3;1H3,(H,3,4). The van der Waals surface area contributed by atoms with Crippen LogP contribution in [0.1, 0.15) is 31.9 Å². The van der Waals surface area contributed by atoms with E-state index in [1.807, 2.05) is 0 Å². The fourth-order valence-electron chi connectivity index (χ4n) is 2.44. The Morgan fingerprint density at radius 2 is 1.07 bits per heavy atom. The summed E-state index contributed by atoms with van der Waals surface area (Å²) >= 11 is 0. The van der Waals surface area contributed by atoms with Crippen molar-refractivity contribution in [2.24, 2.45) is 0 Å². The summed E-state index contributed by atoms with van der Waals surface area (Å²) in [6, 6.07) is 11.0. The molecule has 0 bridgehead atoms. The minimum Gasteiger partial charge on any atom is -0.481 e. The summed E-state index contributed by atoms with van der Waals surface area (Å²) in [7, 11) is 2.82. The molecule has 0 aromatic heterocycles. The van der Waals surface area contributed by atoms with Gasteiger partial charge in [-0.3, -0.25) is 9.59 Å². The third-order valence-electron chi connectivity index (χ3n) is 3.72. The van der Waals surface area contributed by atoms with Crippen LogP contribution in [-0.2, 0) is 38.0 Å². The number of carboxylic acid groups (broad SMARTS) is 1. The van der Waals surface area contributed by atoms with E-state index >= 15 is 0 Å². The Kier molecular flexibility index (Phi) is 8.44. The summed E-state index contributed by atoms with van der Waals surface area (Å²) in [5.41, 5.74) is -0.341. The number of hydrogen-bond acceptors (Lipinski definition) is 7. The fraction of sp³-hybridized carbons (Fsp3) is 0.222. The molecule has 2 aromatic carbocycles. The van der Waals surface area contributed by atoms with Gasteiger partial charge in [0, 0.05) is 35.2 Å². The smallest absolute Gasteiger partial charge is 0.303 e. The molecule has 0 saturated heterocycles. The van der Waals surface area contributed by atoms with Gasteiger partial charge < -0.3 is 9.84 Å². The maximum Gasteiger partial charge on any atom is 0.303 e. The molecule has 0 amide bonds. The van der Waals surface area contributed by atoms with Crippen molar-refractivity contribution in [1.82, 2.24) is 0 Å². The summed E-state index contributed by atoms with van der Waals surface area (Å²) < 4.78 is 51.0. The van der Waals surface area contributed by atoms with Crippen LogP contribution in [0.25, 0.3) is 0 Å². The van der Waals surface area contributed by atoms with Gasteiger partial charge in [-0.1, -0.05) is 24.3 Å². The molecule has 1 N–H and O–H groups in total. The second-order valence-electron chi connectivity index (χ2n) is 6.07. The van der Waals surface area contributed by atoms with E-state index in [1.54, 1.807) is 6.92 Å². The molecule has 164 valence electrons. The molecule has 12 heteroatoms. The Labute approximate surface area is 183 Å². The molecule has 0 atom stereocenters. The minimum absolute atomic E-state index is 0.100. The molecule has 0 aliphatic carbocycles. The summed E-state index contributed by atoms with van der Waals surface area (Å²) in [5, 5.41) is 7.42. The Morgan fingerprint density at radius 3 is 1.27 bits per heavy atom. The van der Waals surface area contributed by atoms with E-state index in [4.69, 9.17) is 36.0 Å². The van der Waals surface area contributed by atoms with Crippen LogP contribution in [-0.4, -0.2) is 33.9 Å². The number of esters is 1. The van der Waals surface area contributed by atoms with Crippen molar-refractivity contribution >= 4 is 51.4 Å². The quantitative estimate of drug-likeness (QED) is 0.491. The van der Waals surface area contributed by atoms with Gasteiger partial charge in [0.15, 0.2) is 5.60 Å². The van der Waals surface area contributed by atoms with Crippen molar-refractivity contribution in [3.8, 4) is 0 Å². The van der Waals surface area contributed by atoms with E-state index in [0.29, 0.717) is 11.1 Å². The maximum atomic E-state index is 11.6. The van der Waals surface area contributed by atoms with Crippen molar-refractivity contribution < 1.29 is 36.3 Å². The molecule has 30 heavy (non-hydrogen) atoms. The van der Waals surface area contributed by atoms with Gasteiger partial charge in [0.2, 0.25) is 0 Å². The molecule has 8 nitrogen and oxygen atoms in total. The van der Waals surface area contributed by atoms with Crippen LogP contribution in [0.5, 0.6) is 0 Å². The first kappa shape index (κ1) is 25.9. The number of halogens is 2. The molecule has 2 rings (SSSR count). The van der Waals surface area contributed by atoms with Crippen LogP contribution in [0.4, 0.5) is 0 Å². The SMILES string of the molecule is CC(=O)O.CC(=O)OC(C)(c1ccc(S(=O)(=O)Cl)cc1)c1ccc(S(=O)(=O)Cl)cc1. The highest BCUT2D eigenvalue weighted by Gasteiger charge is 2.33. The highest BCUT2D eigenvalue weighted by molar-refractivity contribution is 8.14. The molecule has 0 unspecified atom stereocenters. The molecule has 0 heterocycles. The van der Waals surface area contributed by atoms with Crippen LogP contribution in [0, 0.1) is 0 Å². The van der Waals surface area contributed by atoms with Gasteiger partial charge in [0.1, 0.15) is 0 Å². The van der Waals surface area contributed by atoms with Crippen molar-refractivity contribution in [1.29, 1.82) is 0 Å². The van der Waals surface area contributed by atoms with Crippen LogP contribution in [0.2, 0.25) is 0 Å². The van der Waals surface area contributed by atoms with Gasteiger partial charge in [-0.2, -0.15) is 0 Å². The molecule has 0 saturated carbocycles. The van der Waals surface area contributed by atoms with Crippen molar-refractivity contribution in [2.75, 3.05) is 0 Å². The molecular weight excluding hydrogens is 479 g/mol. The van der Waals surface area contributed by atoms with Gasteiger partial charge >= 0.3 is 5.97 Å². The Balaban J connectivity index is 0.00000103. The predicted molar refractivity (Wildman–Crippen MR) is 110 cm³/mol. The van der Waals surface area contributed by atoms with Crippen molar-refractivity contribution in [2.45, 2.75) is 36.2 Å². The van der Waals surface area contributed by atoms with Crippen LogP contribution >= 0.6 is 21.4 Å². The Hall–Kier alpha value is -2.14. The van der Waals surface area contributed by atoms with Gasteiger partial charge in [-0.15, -0.1) is 0 Å². The first-order chi connectivity index (χ1) is 13.6. The highest BCUT2D eigenvalue weighted by atomic mass is 35.7. The molecule has 0 aliphatic rings. The summed E-state index contributed by atoms with van der Waals surface area (Å²) in [6.45, 7) is 3.91. The Morgan fingerprint density at radius 1 is 0.800 bits per heavy atom. The number of rotatable bonds is 5. The summed E-state index contributed by atoms with van der Waals surface area (Å²) in [6.07, 6.45) is 0. The second kappa shape index (κ2) is 9.78. The highest BCUT2D eigenvalue weighted by Crippen LogP contribution is 2.35. The van der Waals surface area contributed by atoms with Gasteiger partial charge in [-0.25, -0.2) is 16.8 Å². The number of carboxylic acids is 1. The lowest BCUT2D eigenvalue weighted by Crippen LogP contribution is -2.29. The molecule has 2 aromatic rings. The zero-order valence-electron chi connectivity index (χ0n) is 16.0. The molecule has 0 spiro atoms. The average Bonchev–Trinajstić information content (AvgIpc) is 2.59. The number of carbonyl (C=O) groups is 2. The number of carbonyl (C=O) groups excluding carboxylic acids is 1. The maximum absolute atomic E-state index is 11.6. The first-order valence-corrected chi connectivity index (χ1v) is 12.7. The Bertz CT molecular complexity index is 1040. The minimum atomic E-state index is -3.89. The number of benzene rings is 2. The molecule has 0 aliphatic heterocycles. The second-order valence-corrected chi connectivity index (χ2v) is 11.2. The van der Waals surface area contributed by atoms with E-state index in [2.05, 4.69) is 0 Å². The number of hydrogen-bond donors (Lipinski definition) is 1. The van der Waals surface area contributed by atoms with Crippen LogP contribution < -0.4 is 0 Å². The molecule has 0 fully saturated rings. The fourth-order valence-corrected chi connectivity index (χ4v) is 3.98. The summed E-state index contributed by atoms with van der Waals surface area (Å²) in [5.74, 6) is -1.41. The summed E-state index contributed by atoms with van der Waals surface area (Å²) in [4.78, 5) is 20.4. The number of ether oxygens (including phenoxy) is 1. The first-order valence-electron chi connectivity index (χ1n) is 8.07. The molecular formula is C18H18Cl2O8S2. The molecule has 0 radical (unpaired) electrons.